The number of aromatic nitrogens is 1. The molecule has 2 rings (SSSR count). The van der Waals surface area contributed by atoms with Crippen molar-refractivity contribution in [2.75, 3.05) is 25.5 Å². The summed E-state index contributed by atoms with van der Waals surface area (Å²) in [6, 6.07) is 1.87. The third kappa shape index (κ3) is 2.29. The van der Waals surface area contributed by atoms with Crippen LogP contribution in [-0.4, -0.2) is 41.2 Å². The zero-order valence-corrected chi connectivity index (χ0v) is 10.3. The molecule has 1 saturated heterocycles. The van der Waals surface area contributed by atoms with E-state index in [1.165, 1.54) is 0 Å². The SMILES string of the molecule is CCn1cc(N)cc1C(=O)N1CCOCC1C. The fraction of sp³-hybridized carbons (Fsp3) is 0.583. The van der Waals surface area contributed by atoms with Gasteiger partial charge < -0.3 is 19.9 Å². The molecule has 0 spiro atoms. The second-order valence-electron chi connectivity index (χ2n) is 4.37. The number of carbonyl (C=O) groups is 1. The number of hydrogen-bond donors (Lipinski definition) is 1. The molecule has 0 aromatic carbocycles. The van der Waals surface area contributed by atoms with Gasteiger partial charge in [0.2, 0.25) is 0 Å². The van der Waals surface area contributed by atoms with E-state index in [9.17, 15) is 4.79 Å². The van der Waals surface area contributed by atoms with E-state index in [1.807, 2.05) is 23.3 Å². The summed E-state index contributed by atoms with van der Waals surface area (Å²) in [6.45, 7) is 6.61. The minimum Gasteiger partial charge on any atom is -0.397 e. The molecule has 1 unspecified atom stereocenters. The Kier molecular flexibility index (Phi) is 3.38. The Morgan fingerprint density at radius 3 is 3.06 bits per heavy atom. The smallest absolute Gasteiger partial charge is 0.270 e. The van der Waals surface area contributed by atoms with Crippen molar-refractivity contribution in [1.29, 1.82) is 0 Å². The molecule has 1 aliphatic heterocycles. The van der Waals surface area contributed by atoms with Gasteiger partial charge in [-0.2, -0.15) is 0 Å². The van der Waals surface area contributed by atoms with Crippen LogP contribution in [0, 0.1) is 0 Å². The quantitative estimate of drug-likeness (QED) is 0.833. The first kappa shape index (κ1) is 12.0. The standard InChI is InChI=1S/C12H19N3O2/c1-3-14-7-10(13)6-11(14)12(16)15-4-5-17-8-9(15)2/h6-7,9H,3-5,8,13H2,1-2H3. The van der Waals surface area contributed by atoms with Crippen LogP contribution < -0.4 is 5.73 Å². The second-order valence-corrected chi connectivity index (χ2v) is 4.37. The first-order chi connectivity index (χ1) is 8.13. The predicted octanol–water partition coefficient (Wildman–Crippen LogP) is 0.951. The van der Waals surface area contributed by atoms with Gasteiger partial charge in [-0.25, -0.2) is 0 Å². The van der Waals surface area contributed by atoms with Crippen LogP contribution in [-0.2, 0) is 11.3 Å². The Balaban J connectivity index is 2.23. The Morgan fingerprint density at radius 2 is 2.41 bits per heavy atom. The van der Waals surface area contributed by atoms with Crippen molar-refractivity contribution in [3.8, 4) is 0 Å². The van der Waals surface area contributed by atoms with Gasteiger partial charge in [-0.15, -0.1) is 0 Å². The van der Waals surface area contributed by atoms with E-state index < -0.39 is 0 Å². The van der Waals surface area contributed by atoms with E-state index in [0.29, 0.717) is 31.1 Å². The van der Waals surface area contributed by atoms with Crippen LogP contribution in [0.5, 0.6) is 0 Å². The van der Waals surface area contributed by atoms with Crippen LogP contribution >= 0.6 is 0 Å². The van der Waals surface area contributed by atoms with Gasteiger partial charge in [0, 0.05) is 19.3 Å². The maximum absolute atomic E-state index is 12.4. The molecule has 1 atom stereocenters. The summed E-state index contributed by atoms with van der Waals surface area (Å²) in [4.78, 5) is 14.2. The molecule has 94 valence electrons. The summed E-state index contributed by atoms with van der Waals surface area (Å²) in [6.07, 6.45) is 1.80. The number of carbonyl (C=O) groups excluding carboxylic acids is 1. The lowest BCUT2D eigenvalue weighted by molar-refractivity contribution is 0.00303. The molecule has 5 nitrogen and oxygen atoms in total. The molecule has 0 aliphatic carbocycles. The van der Waals surface area contributed by atoms with Crippen molar-refractivity contribution in [1.82, 2.24) is 9.47 Å². The van der Waals surface area contributed by atoms with E-state index in [4.69, 9.17) is 10.5 Å². The van der Waals surface area contributed by atoms with Crippen molar-refractivity contribution >= 4 is 11.6 Å². The second kappa shape index (κ2) is 4.79. The van der Waals surface area contributed by atoms with Crippen LogP contribution in [0.3, 0.4) is 0 Å². The Bertz CT molecular complexity index is 414. The lowest BCUT2D eigenvalue weighted by atomic mass is 10.2. The van der Waals surface area contributed by atoms with Crippen molar-refractivity contribution in [3.05, 3.63) is 18.0 Å². The first-order valence-corrected chi connectivity index (χ1v) is 5.97. The van der Waals surface area contributed by atoms with Crippen molar-refractivity contribution < 1.29 is 9.53 Å². The topological polar surface area (TPSA) is 60.5 Å². The minimum absolute atomic E-state index is 0.0411. The molecule has 1 aromatic heterocycles. The molecule has 1 aliphatic rings. The number of ether oxygens (including phenoxy) is 1. The summed E-state index contributed by atoms with van der Waals surface area (Å²) in [7, 11) is 0. The van der Waals surface area contributed by atoms with Gasteiger partial charge in [-0.1, -0.05) is 0 Å². The molecule has 0 saturated carbocycles. The maximum Gasteiger partial charge on any atom is 0.270 e. The summed E-state index contributed by atoms with van der Waals surface area (Å²) >= 11 is 0. The number of anilines is 1. The monoisotopic (exact) mass is 237 g/mol. The van der Waals surface area contributed by atoms with Gasteiger partial charge in [-0.05, 0) is 19.9 Å². The summed E-state index contributed by atoms with van der Waals surface area (Å²) in [5.41, 5.74) is 7.04. The molecule has 1 amide bonds. The summed E-state index contributed by atoms with van der Waals surface area (Å²) < 4.78 is 7.22. The third-order valence-corrected chi connectivity index (χ3v) is 3.11. The summed E-state index contributed by atoms with van der Waals surface area (Å²) in [5, 5.41) is 0. The molecule has 2 heterocycles. The summed E-state index contributed by atoms with van der Waals surface area (Å²) in [5.74, 6) is 0.0411. The van der Waals surface area contributed by atoms with Crippen molar-refractivity contribution in [2.45, 2.75) is 26.4 Å². The number of rotatable bonds is 2. The van der Waals surface area contributed by atoms with Crippen LogP contribution in [0.4, 0.5) is 5.69 Å². The van der Waals surface area contributed by atoms with Gasteiger partial charge in [0.05, 0.1) is 24.9 Å². The van der Waals surface area contributed by atoms with E-state index in [2.05, 4.69) is 0 Å². The number of nitrogen functional groups attached to an aromatic ring is 1. The van der Waals surface area contributed by atoms with Crippen LogP contribution in [0.1, 0.15) is 24.3 Å². The highest BCUT2D eigenvalue weighted by atomic mass is 16.5. The van der Waals surface area contributed by atoms with Gasteiger partial charge in [0.25, 0.3) is 5.91 Å². The zero-order chi connectivity index (χ0) is 12.4. The molecule has 1 fully saturated rings. The van der Waals surface area contributed by atoms with E-state index in [1.54, 1.807) is 12.3 Å². The Labute approximate surface area is 101 Å². The fourth-order valence-corrected chi connectivity index (χ4v) is 2.15. The number of nitrogens with two attached hydrogens (primary N) is 1. The normalized spacial score (nSPS) is 20.6. The molecule has 2 N–H and O–H groups in total. The molecular formula is C12H19N3O2. The number of hydrogen-bond acceptors (Lipinski definition) is 3. The van der Waals surface area contributed by atoms with Crippen LogP contribution in [0.15, 0.2) is 12.3 Å². The highest BCUT2D eigenvalue weighted by molar-refractivity contribution is 5.94. The lowest BCUT2D eigenvalue weighted by Crippen LogP contribution is -2.47. The molecule has 0 radical (unpaired) electrons. The highest BCUT2D eigenvalue weighted by Crippen LogP contribution is 2.16. The van der Waals surface area contributed by atoms with Crippen molar-refractivity contribution in [2.24, 2.45) is 0 Å². The zero-order valence-electron chi connectivity index (χ0n) is 10.3. The molecule has 0 bridgehead atoms. The van der Waals surface area contributed by atoms with E-state index >= 15 is 0 Å². The first-order valence-electron chi connectivity index (χ1n) is 5.97. The third-order valence-electron chi connectivity index (χ3n) is 3.11. The molecule has 17 heavy (non-hydrogen) atoms. The van der Waals surface area contributed by atoms with Gasteiger partial charge in [-0.3, -0.25) is 4.79 Å². The number of morpholine rings is 1. The Morgan fingerprint density at radius 1 is 1.65 bits per heavy atom. The van der Waals surface area contributed by atoms with Crippen LogP contribution in [0.2, 0.25) is 0 Å². The van der Waals surface area contributed by atoms with E-state index in [-0.39, 0.29) is 11.9 Å². The minimum atomic E-state index is 0.0411. The van der Waals surface area contributed by atoms with E-state index in [0.717, 1.165) is 6.54 Å². The lowest BCUT2D eigenvalue weighted by Gasteiger charge is -2.33. The molecular weight excluding hydrogens is 218 g/mol. The van der Waals surface area contributed by atoms with Crippen LogP contribution in [0.25, 0.3) is 0 Å². The Hall–Kier alpha value is -1.49. The maximum atomic E-state index is 12.4. The average Bonchev–Trinajstić information content (AvgIpc) is 2.70. The molecule has 1 aromatic rings. The predicted molar refractivity (Wildman–Crippen MR) is 65.8 cm³/mol. The largest absolute Gasteiger partial charge is 0.397 e. The average molecular weight is 237 g/mol. The van der Waals surface area contributed by atoms with Crippen molar-refractivity contribution in [3.63, 3.8) is 0 Å². The van der Waals surface area contributed by atoms with Gasteiger partial charge in [0.1, 0.15) is 5.69 Å². The number of aryl methyl sites for hydroxylation is 1. The van der Waals surface area contributed by atoms with Gasteiger partial charge in [0.15, 0.2) is 0 Å². The fourth-order valence-electron chi connectivity index (χ4n) is 2.15. The molecule has 5 heteroatoms. The highest BCUT2D eigenvalue weighted by Gasteiger charge is 2.26. The number of nitrogens with zero attached hydrogens (tertiary/aromatic N) is 2. The van der Waals surface area contributed by atoms with Gasteiger partial charge >= 0.3 is 0 Å². The number of amides is 1.